The van der Waals surface area contributed by atoms with E-state index in [1.165, 1.54) is 87.1 Å². The number of esters is 1. The standard InChI is InChI=1S/C31H36FN3O4S/c1-37-29(36)19-12-24(32)27-25(13-19)40-30(33-27)35-14-20-10-22(11-21(20)15-35)38-16-23-26(34-39-28(23)18-2-3-18)17-4-6-31(7-5-17)8-9-31/h12-13,17-18,20-22H,2-11,14-16H2,1H3/t20-,21+,22?. The maximum absolute atomic E-state index is 14.7. The van der Waals surface area contributed by atoms with Crippen molar-refractivity contribution in [1.29, 1.82) is 0 Å². The molecule has 5 aliphatic rings. The van der Waals surface area contributed by atoms with Gasteiger partial charge in [-0.1, -0.05) is 16.5 Å². The smallest absolute Gasteiger partial charge is 0.338 e. The van der Waals surface area contributed by atoms with Gasteiger partial charge in [0.2, 0.25) is 0 Å². The molecular weight excluding hydrogens is 529 g/mol. The first-order valence-electron chi connectivity index (χ1n) is 15.0. The Hall–Kier alpha value is -2.52. The van der Waals surface area contributed by atoms with E-state index in [-0.39, 0.29) is 11.7 Å². The zero-order valence-corrected chi connectivity index (χ0v) is 23.8. The largest absolute Gasteiger partial charge is 0.465 e. The monoisotopic (exact) mass is 565 g/mol. The minimum atomic E-state index is -0.537. The van der Waals surface area contributed by atoms with Crippen LogP contribution in [0.5, 0.6) is 0 Å². The van der Waals surface area contributed by atoms with Gasteiger partial charge in [-0.25, -0.2) is 14.2 Å². The summed E-state index contributed by atoms with van der Waals surface area (Å²) in [4.78, 5) is 18.8. The predicted octanol–water partition coefficient (Wildman–Crippen LogP) is 6.96. The topological polar surface area (TPSA) is 77.7 Å². The molecule has 5 fully saturated rings. The van der Waals surface area contributed by atoms with Crippen molar-refractivity contribution in [3.63, 3.8) is 0 Å². The fourth-order valence-electron chi connectivity index (χ4n) is 7.73. The molecule has 3 aromatic rings. The van der Waals surface area contributed by atoms with Gasteiger partial charge >= 0.3 is 5.97 Å². The maximum atomic E-state index is 14.7. The molecule has 7 nitrogen and oxygen atoms in total. The maximum Gasteiger partial charge on any atom is 0.338 e. The van der Waals surface area contributed by atoms with Crippen LogP contribution in [-0.2, 0) is 16.1 Å². The number of thiazole rings is 1. The number of hydrogen-bond donors (Lipinski definition) is 0. The molecule has 1 aromatic carbocycles. The summed E-state index contributed by atoms with van der Waals surface area (Å²) in [6.07, 6.45) is 12.8. The van der Waals surface area contributed by atoms with Crippen molar-refractivity contribution in [2.75, 3.05) is 25.1 Å². The van der Waals surface area contributed by atoms with Crippen molar-refractivity contribution in [3.8, 4) is 0 Å². The number of halogens is 1. The molecule has 4 saturated carbocycles. The van der Waals surface area contributed by atoms with Gasteiger partial charge in [0, 0.05) is 30.5 Å². The quantitative estimate of drug-likeness (QED) is 0.287. The van der Waals surface area contributed by atoms with E-state index in [2.05, 4.69) is 15.0 Å². The lowest BCUT2D eigenvalue weighted by atomic mass is 9.77. The number of carbonyl (C=O) groups excluding carboxylic acids is 1. The molecule has 8 rings (SSSR count). The van der Waals surface area contributed by atoms with Crippen LogP contribution < -0.4 is 4.90 Å². The number of hydrogen-bond acceptors (Lipinski definition) is 8. The molecule has 0 N–H and O–H groups in total. The van der Waals surface area contributed by atoms with E-state index < -0.39 is 11.8 Å². The SMILES string of the molecule is COC(=O)c1cc(F)c2nc(N3C[C@H]4CC(OCc5c(C6CCC7(CC6)CC7)noc5C5CC5)C[C@H]4C3)sc2c1. The van der Waals surface area contributed by atoms with Crippen LogP contribution in [0.25, 0.3) is 10.2 Å². The Bertz CT molecular complexity index is 1440. The summed E-state index contributed by atoms with van der Waals surface area (Å²) in [5.74, 6) is 2.25. The number of fused-ring (bicyclic) bond motifs is 2. The summed E-state index contributed by atoms with van der Waals surface area (Å²) in [7, 11) is 1.30. The molecule has 0 amide bonds. The van der Waals surface area contributed by atoms with Crippen LogP contribution in [0.3, 0.4) is 0 Å². The van der Waals surface area contributed by atoms with E-state index in [9.17, 15) is 9.18 Å². The molecule has 3 heterocycles. The highest BCUT2D eigenvalue weighted by atomic mass is 32.1. The summed E-state index contributed by atoms with van der Waals surface area (Å²) < 4.78 is 32.7. The lowest BCUT2D eigenvalue weighted by molar-refractivity contribution is 0.0395. The summed E-state index contributed by atoms with van der Waals surface area (Å²) in [5.41, 5.74) is 3.68. The molecule has 40 heavy (non-hydrogen) atoms. The average molecular weight is 566 g/mol. The highest BCUT2D eigenvalue weighted by Crippen LogP contribution is 2.59. The Morgan fingerprint density at radius 2 is 1.85 bits per heavy atom. The fourth-order valence-corrected chi connectivity index (χ4v) is 8.77. The Labute approximate surface area is 237 Å². The van der Waals surface area contributed by atoms with Crippen molar-refractivity contribution >= 4 is 32.7 Å². The minimum absolute atomic E-state index is 0.220. The summed E-state index contributed by atoms with van der Waals surface area (Å²) >= 11 is 1.45. The van der Waals surface area contributed by atoms with Gasteiger partial charge in [-0.3, -0.25) is 0 Å². The average Bonchev–Trinajstić information content (AvgIpc) is 3.71. The molecular formula is C31H36FN3O4S. The van der Waals surface area contributed by atoms with Gasteiger partial charge in [0.15, 0.2) is 10.9 Å². The van der Waals surface area contributed by atoms with E-state index in [4.69, 9.17) is 14.0 Å². The van der Waals surface area contributed by atoms with Gasteiger partial charge in [-0.2, -0.15) is 0 Å². The number of ether oxygens (including phenoxy) is 2. The van der Waals surface area contributed by atoms with Gasteiger partial charge in [-0.05, 0) is 93.6 Å². The second kappa shape index (κ2) is 9.51. The molecule has 212 valence electrons. The fraction of sp³-hybridized carbons (Fsp3) is 0.645. The van der Waals surface area contributed by atoms with Crippen LogP contribution in [0.4, 0.5) is 9.52 Å². The van der Waals surface area contributed by atoms with Crippen molar-refractivity contribution in [3.05, 3.63) is 40.5 Å². The van der Waals surface area contributed by atoms with E-state index in [1.54, 1.807) is 6.07 Å². The first-order chi connectivity index (χ1) is 19.5. The van der Waals surface area contributed by atoms with E-state index in [0.29, 0.717) is 45.9 Å². The van der Waals surface area contributed by atoms with E-state index in [1.807, 2.05) is 0 Å². The zero-order valence-electron chi connectivity index (χ0n) is 23.0. The number of methoxy groups -OCH3 is 1. The van der Waals surface area contributed by atoms with Crippen LogP contribution in [0, 0.1) is 23.1 Å². The van der Waals surface area contributed by atoms with E-state index >= 15 is 0 Å². The minimum Gasteiger partial charge on any atom is -0.465 e. The Morgan fingerprint density at radius 3 is 2.52 bits per heavy atom. The van der Waals surface area contributed by atoms with Crippen LogP contribution in [-0.4, -0.2) is 42.4 Å². The van der Waals surface area contributed by atoms with Crippen molar-refractivity contribution in [1.82, 2.24) is 10.1 Å². The third-order valence-electron chi connectivity index (χ3n) is 10.5. The third kappa shape index (κ3) is 4.44. The molecule has 1 spiro atoms. The summed E-state index contributed by atoms with van der Waals surface area (Å²) in [6, 6.07) is 2.89. The second-order valence-electron chi connectivity index (χ2n) is 13.1. The molecule has 1 aliphatic heterocycles. The number of rotatable bonds is 7. The first kappa shape index (κ1) is 25.2. The first-order valence-corrected chi connectivity index (χ1v) is 15.8. The highest BCUT2D eigenvalue weighted by molar-refractivity contribution is 7.22. The zero-order chi connectivity index (χ0) is 27.0. The third-order valence-corrected chi connectivity index (χ3v) is 11.6. The molecule has 3 atom stereocenters. The second-order valence-corrected chi connectivity index (χ2v) is 14.1. The number of carbonyl (C=O) groups is 1. The summed E-state index contributed by atoms with van der Waals surface area (Å²) in [6.45, 7) is 2.44. The van der Waals surface area contributed by atoms with Crippen LogP contribution >= 0.6 is 11.3 Å². The van der Waals surface area contributed by atoms with Gasteiger partial charge in [0.05, 0.1) is 35.8 Å². The number of nitrogens with zero attached hydrogens (tertiary/aromatic N) is 3. The van der Waals surface area contributed by atoms with Crippen molar-refractivity contribution in [2.45, 2.75) is 88.8 Å². The van der Waals surface area contributed by atoms with Gasteiger partial charge < -0.3 is 18.9 Å². The van der Waals surface area contributed by atoms with Crippen molar-refractivity contribution in [2.24, 2.45) is 17.3 Å². The predicted molar refractivity (Wildman–Crippen MR) is 149 cm³/mol. The number of aromatic nitrogens is 2. The van der Waals surface area contributed by atoms with Gasteiger partial charge in [0.25, 0.3) is 0 Å². The molecule has 0 bridgehead atoms. The molecule has 1 saturated heterocycles. The summed E-state index contributed by atoms with van der Waals surface area (Å²) in [5, 5.41) is 5.46. The van der Waals surface area contributed by atoms with Crippen molar-refractivity contribution < 1.29 is 23.2 Å². The number of benzene rings is 1. The Morgan fingerprint density at radius 1 is 1.10 bits per heavy atom. The van der Waals surface area contributed by atoms with Crippen LogP contribution in [0.15, 0.2) is 16.7 Å². The Balaban J connectivity index is 0.917. The number of anilines is 1. The van der Waals surface area contributed by atoms with Gasteiger partial charge in [0.1, 0.15) is 11.3 Å². The molecule has 1 unspecified atom stereocenters. The Kier molecular flexibility index (Phi) is 6.00. The molecule has 0 radical (unpaired) electrons. The van der Waals surface area contributed by atoms with Gasteiger partial charge in [-0.15, -0.1) is 0 Å². The molecule has 4 aliphatic carbocycles. The van der Waals surface area contributed by atoms with Crippen LogP contribution in [0.1, 0.15) is 103 Å². The molecule has 9 heteroatoms. The van der Waals surface area contributed by atoms with Crippen LogP contribution in [0.2, 0.25) is 0 Å². The van der Waals surface area contributed by atoms with E-state index in [0.717, 1.165) is 36.8 Å². The lowest BCUT2D eigenvalue weighted by Gasteiger charge is -2.27. The normalized spacial score (nSPS) is 27.6. The molecule has 2 aromatic heterocycles. The lowest BCUT2D eigenvalue weighted by Crippen LogP contribution is -2.23. The highest BCUT2D eigenvalue weighted by Gasteiger charge is 2.46.